The van der Waals surface area contributed by atoms with Gasteiger partial charge in [-0.1, -0.05) is 13.0 Å². The molecule has 142 valence electrons. The van der Waals surface area contributed by atoms with E-state index in [-0.39, 0.29) is 5.91 Å². The zero-order valence-electron chi connectivity index (χ0n) is 15.8. The van der Waals surface area contributed by atoms with E-state index in [0.29, 0.717) is 23.0 Å². The predicted octanol–water partition coefficient (Wildman–Crippen LogP) is 3.89. The Balaban J connectivity index is 1.70. The van der Waals surface area contributed by atoms with Crippen LogP contribution in [0.5, 0.6) is 0 Å². The Morgan fingerprint density at radius 3 is 2.81 bits per heavy atom. The number of anilines is 2. The van der Waals surface area contributed by atoms with E-state index in [1.165, 1.54) is 26.4 Å². The van der Waals surface area contributed by atoms with Crippen molar-refractivity contribution in [1.82, 2.24) is 4.98 Å². The molecular formula is C21H25N3O3. The Bertz CT molecular complexity index is 805. The first-order valence-corrected chi connectivity index (χ1v) is 9.34. The third kappa shape index (κ3) is 4.45. The van der Waals surface area contributed by atoms with E-state index in [4.69, 9.17) is 4.74 Å². The first kappa shape index (κ1) is 18.9. The monoisotopic (exact) mass is 367 g/mol. The summed E-state index contributed by atoms with van der Waals surface area (Å²) in [5, 5.41) is 2.77. The molecule has 1 aliphatic rings. The predicted molar refractivity (Wildman–Crippen MR) is 105 cm³/mol. The maximum Gasteiger partial charge on any atom is 0.337 e. The van der Waals surface area contributed by atoms with Gasteiger partial charge in [-0.25, -0.2) is 9.78 Å². The summed E-state index contributed by atoms with van der Waals surface area (Å²) in [7, 11) is 1.32. The summed E-state index contributed by atoms with van der Waals surface area (Å²) in [5.41, 5.74) is 2.31. The lowest BCUT2D eigenvalue weighted by Gasteiger charge is -2.37. The average Bonchev–Trinajstić information content (AvgIpc) is 2.73. The number of hydrogen-bond donors (Lipinski definition) is 1. The summed E-state index contributed by atoms with van der Waals surface area (Å²) in [6.45, 7) is 3.24. The number of carbonyl (C=O) groups is 2. The van der Waals surface area contributed by atoms with Crippen LogP contribution in [-0.4, -0.2) is 36.6 Å². The molecule has 1 atom stereocenters. The molecule has 1 amide bonds. The van der Waals surface area contributed by atoms with Crippen LogP contribution in [-0.2, 0) is 4.74 Å². The van der Waals surface area contributed by atoms with Gasteiger partial charge < -0.3 is 15.0 Å². The maximum atomic E-state index is 12.5. The van der Waals surface area contributed by atoms with Gasteiger partial charge in [0.25, 0.3) is 5.91 Å². The lowest BCUT2D eigenvalue weighted by molar-refractivity contribution is 0.0600. The van der Waals surface area contributed by atoms with Crippen LogP contribution in [0, 0.1) is 0 Å². The SMILES string of the molecule is CCC1CCCCN1c1ccc(C(=O)Nc2cccc(C(=O)OC)c2)nc1. The molecule has 0 radical (unpaired) electrons. The van der Waals surface area contributed by atoms with Gasteiger partial charge in [0.15, 0.2) is 0 Å². The normalized spacial score (nSPS) is 16.7. The van der Waals surface area contributed by atoms with Crippen molar-refractivity contribution in [3.63, 3.8) is 0 Å². The van der Waals surface area contributed by atoms with Gasteiger partial charge in [0.1, 0.15) is 5.69 Å². The number of nitrogens with one attached hydrogen (secondary N) is 1. The smallest absolute Gasteiger partial charge is 0.337 e. The molecule has 27 heavy (non-hydrogen) atoms. The van der Waals surface area contributed by atoms with E-state index in [1.807, 2.05) is 6.07 Å². The fraction of sp³-hybridized carbons (Fsp3) is 0.381. The van der Waals surface area contributed by atoms with Crippen LogP contribution in [0.1, 0.15) is 53.5 Å². The molecule has 1 fully saturated rings. The third-order valence-corrected chi connectivity index (χ3v) is 4.95. The highest BCUT2D eigenvalue weighted by Gasteiger charge is 2.21. The van der Waals surface area contributed by atoms with Crippen LogP contribution in [0.4, 0.5) is 11.4 Å². The molecule has 1 unspecified atom stereocenters. The molecule has 1 aromatic carbocycles. The first-order valence-electron chi connectivity index (χ1n) is 9.34. The number of aromatic nitrogens is 1. The molecule has 6 nitrogen and oxygen atoms in total. The number of carbonyl (C=O) groups excluding carboxylic acids is 2. The summed E-state index contributed by atoms with van der Waals surface area (Å²) in [4.78, 5) is 30.8. The minimum absolute atomic E-state index is 0.311. The van der Waals surface area contributed by atoms with Crippen molar-refractivity contribution in [3.05, 3.63) is 53.9 Å². The molecule has 0 spiro atoms. The second-order valence-electron chi connectivity index (χ2n) is 6.68. The molecule has 0 aliphatic carbocycles. The summed E-state index contributed by atoms with van der Waals surface area (Å²) in [5.74, 6) is -0.755. The Labute approximate surface area is 159 Å². The third-order valence-electron chi connectivity index (χ3n) is 4.95. The number of pyridine rings is 1. The van der Waals surface area contributed by atoms with Crippen molar-refractivity contribution < 1.29 is 14.3 Å². The van der Waals surface area contributed by atoms with Gasteiger partial charge in [0, 0.05) is 18.3 Å². The summed E-state index contributed by atoms with van der Waals surface area (Å²) >= 11 is 0. The molecule has 3 rings (SSSR count). The van der Waals surface area contributed by atoms with Crippen LogP contribution >= 0.6 is 0 Å². The number of amides is 1. The fourth-order valence-electron chi connectivity index (χ4n) is 3.49. The van der Waals surface area contributed by atoms with Crippen molar-refractivity contribution in [2.24, 2.45) is 0 Å². The van der Waals surface area contributed by atoms with Crippen LogP contribution in [0.15, 0.2) is 42.6 Å². The fourth-order valence-corrected chi connectivity index (χ4v) is 3.49. The minimum Gasteiger partial charge on any atom is -0.465 e. The van der Waals surface area contributed by atoms with Crippen LogP contribution in [0.25, 0.3) is 0 Å². The largest absolute Gasteiger partial charge is 0.465 e. The number of hydrogen-bond acceptors (Lipinski definition) is 5. The maximum absolute atomic E-state index is 12.5. The van der Waals surface area contributed by atoms with Crippen molar-refractivity contribution in [2.45, 2.75) is 38.6 Å². The number of esters is 1. The lowest BCUT2D eigenvalue weighted by atomic mass is 9.99. The molecule has 6 heteroatoms. The van der Waals surface area contributed by atoms with Crippen LogP contribution < -0.4 is 10.2 Å². The number of benzene rings is 1. The standard InChI is InChI=1S/C21H25N3O3/c1-3-17-9-4-5-12-24(17)18-10-11-19(22-14-18)20(25)23-16-8-6-7-15(13-16)21(26)27-2/h6-8,10-11,13-14,17H,3-5,9,12H2,1-2H3,(H,23,25). The van der Waals surface area contributed by atoms with Crippen molar-refractivity contribution >= 4 is 23.3 Å². The van der Waals surface area contributed by atoms with E-state index in [1.54, 1.807) is 36.5 Å². The summed E-state index contributed by atoms with van der Waals surface area (Å²) in [6.07, 6.45) is 6.55. The van der Waals surface area contributed by atoms with E-state index < -0.39 is 5.97 Å². The van der Waals surface area contributed by atoms with Gasteiger partial charge in [-0.2, -0.15) is 0 Å². The van der Waals surface area contributed by atoms with Gasteiger partial charge in [0.05, 0.1) is 24.6 Å². The van der Waals surface area contributed by atoms with Gasteiger partial charge in [0.2, 0.25) is 0 Å². The number of rotatable bonds is 5. The minimum atomic E-state index is -0.444. The van der Waals surface area contributed by atoms with E-state index in [2.05, 4.69) is 22.1 Å². The lowest BCUT2D eigenvalue weighted by Crippen LogP contribution is -2.39. The highest BCUT2D eigenvalue weighted by Crippen LogP contribution is 2.26. The second kappa shape index (κ2) is 8.66. The summed E-state index contributed by atoms with van der Waals surface area (Å²) in [6, 6.07) is 10.9. The molecule has 1 N–H and O–H groups in total. The van der Waals surface area contributed by atoms with Gasteiger partial charge in [-0.15, -0.1) is 0 Å². The zero-order valence-corrected chi connectivity index (χ0v) is 15.8. The Hall–Kier alpha value is -2.89. The molecule has 1 saturated heterocycles. The van der Waals surface area contributed by atoms with Gasteiger partial charge in [-0.05, 0) is 56.0 Å². The van der Waals surface area contributed by atoms with Crippen molar-refractivity contribution in [2.75, 3.05) is 23.9 Å². The quantitative estimate of drug-likeness (QED) is 0.812. The Morgan fingerprint density at radius 2 is 2.11 bits per heavy atom. The highest BCUT2D eigenvalue weighted by atomic mass is 16.5. The first-order chi connectivity index (χ1) is 13.1. The van der Waals surface area contributed by atoms with Crippen molar-refractivity contribution in [1.29, 1.82) is 0 Å². The molecule has 1 aliphatic heterocycles. The number of piperidine rings is 1. The number of methoxy groups -OCH3 is 1. The molecule has 2 heterocycles. The summed E-state index contributed by atoms with van der Waals surface area (Å²) < 4.78 is 4.70. The zero-order chi connectivity index (χ0) is 19.2. The number of nitrogens with zero attached hydrogens (tertiary/aromatic N) is 2. The van der Waals surface area contributed by atoms with E-state index >= 15 is 0 Å². The number of ether oxygens (including phenoxy) is 1. The Kier molecular flexibility index (Phi) is 6.06. The van der Waals surface area contributed by atoms with Gasteiger partial charge >= 0.3 is 5.97 Å². The highest BCUT2D eigenvalue weighted by molar-refractivity contribution is 6.03. The molecule has 1 aromatic heterocycles. The topological polar surface area (TPSA) is 71.5 Å². The van der Waals surface area contributed by atoms with E-state index in [0.717, 1.165) is 18.7 Å². The van der Waals surface area contributed by atoms with Crippen molar-refractivity contribution in [3.8, 4) is 0 Å². The van der Waals surface area contributed by atoms with Crippen LogP contribution in [0.3, 0.4) is 0 Å². The van der Waals surface area contributed by atoms with Crippen LogP contribution in [0.2, 0.25) is 0 Å². The molecule has 2 aromatic rings. The average molecular weight is 367 g/mol. The molecule has 0 bridgehead atoms. The van der Waals surface area contributed by atoms with Gasteiger partial charge in [-0.3, -0.25) is 4.79 Å². The van der Waals surface area contributed by atoms with E-state index in [9.17, 15) is 9.59 Å². The Morgan fingerprint density at radius 1 is 1.26 bits per heavy atom. The molecular weight excluding hydrogens is 342 g/mol. The molecule has 0 saturated carbocycles. The second-order valence-corrected chi connectivity index (χ2v) is 6.68.